The molecule has 5 heteroatoms. The third-order valence-corrected chi connectivity index (χ3v) is 1.90. The van der Waals surface area contributed by atoms with Gasteiger partial charge in [0, 0.05) is 0 Å². The topological polar surface area (TPSA) is 58.6 Å². The third-order valence-electron chi connectivity index (χ3n) is 1.90. The van der Waals surface area contributed by atoms with Gasteiger partial charge in [-0.2, -0.15) is 0 Å². The molecule has 1 rings (SSSR count). The molecule has 0 atom stereocenters. The maximum atomic E-state index is 13.2. The molecule has 4 nitrogen and oxygen atoms in total. The predicted octanol–water partition coefficient (Wildman–Crippen LogP) is 1.33. The Morgan fingerprint density at radius 1 is 1.47 bits per heavy atom. The van der Waals surface area contributed by atoms with Crippen molar-refractivity contribution in [3.63, 3.8) is 0 Å². The molecule has 0 fully saturated rings. The number of carbonyl (C=O) groups is 1. The summed E-state index contributed by atoms with van der Waals surface area (Å²) in [6, 6.07) is 2.99. The van der Waals surface area contributed by atoms with Crippen LogP contribution in [0.3, 0.4) is 0 Å². The normalized spacial score (nSPS) is 9.87. The largest absolute Gasteiger partial charge is 0.484 e. The van der Waals surface area contributed by atoms with E-state index in [1.54, 1.807) is 13.8 Å². The van der Waals surface area contributed by atoms with E-state index in [0.29, 0.717) is 16.9 Å². The predicted molar refractivity (Wildman–Crippen MR) is 51.3 cm³/mol. The molecule has 0 aliphatic rings. The van der Waals surface area contributed by atoms with Crippen LogP contribution >= 0.6 is 0 Å². The van der Waals surface area contributed by atoms with Gasteiger partial charge in [0.05, 0.1) is 0 Å². The molecule has 1 aromatic carbocycles. The van der Waals surface area contributed by atoms with Gasteiger partial charge in [0.2, 0.25) is 0 Å². The zero-order valence-electron chi connectivity index (χ0n) is 8.50. The van der Waals surface area contributed by atoms with Gasteiger partial charge in [0.25, 0.3) is 5.91 Å². The van der Waals surface area contributed by atoms with E-state index >= 15 is 0 Å². The molecule has 1 aromatic rings. The van der Waals surface area contributed by atoms with Crippen LogP contribution in [0.5, 0.6) is 5.75 Å². The van der Waals surface area contributed by atoms with Crippen LogP contribution in [0.4, 0.5) is 4.39 Å². The first-order valence-electron chi connectivity index (χ1n) is 4.37. The molecule has 0 heterocycles. The van der Waals surface area contributed by atoms with Gasteiger partial charge < -0.3 is 4.74 Å². The van der Waals surface area contributed by atoms with E-state index in [1.165, 1.54) is 17.6 Å². The van der Waals surface area contributed by atoms with E-state index in [9.17, 15) is 9.18 Å². The van der Waals surface area contributed by atoms with Gasteiger partial charge >= 0.3 is 0 Å². The summed E-state index contributed by atoms with van der Waals surface area (Å²) in [4.78, 5) is 10.7. The molecule has 82 valence electrons. The van der Waals surface area contributed by atoms with E-state index < -0.39 is 5.91 Å². The van der Waals surface area contributed by atoms with Crippen LogP contribution in [0, 0.1) is 19.7 Å². The smallest absolute Gasteiger partial charge is 0.281 e. The van der Waals surface area contributed by atoms with E-state index in [4.69, 9.17) is 9.94 Å². The van der Waals surface area contributed by atoms with Crippen LogP contribution in [0.2, 0.25) is 0 Å². The minimum atomic E-state index is -0.658. The summed E-state index contributed by atoms with van der Waals surface area (Å²) in [6.07, 6.45) is 0. The van der Waals surface area contributed by atoms with Crippen molar-refractivity contribution in [2.45, 2.75) is 13.8 Å². The van der Waals surface area contributed by atoms with Crippen molar-refractivity contribution < 1.29 is 19.1 Å². The van der Waals surface area contributed by atoms with E-state index in [1.807, 2.05) is 0 Å². The Kier molecular flexibility index (Phi) is 3.62. The lowest BCUT2D eigenvalue weighted by Gasteiger charge is -2.08. The number of amides is 1. The second-order valence-electron chi connectivity index (χ2n) is 3.19. The number of ether oxygens (including phenoxy) is 1. The molecule has 0 saturated heterocycles. The highest BCUT2D eigenvalue weighted by Crippen LogP contribution is 2.20. The number of carbonyl (C=O) groups excluding carboxylic acids is 1. The van der Waals surface area contributed by atoms with Crippen molar-refractivity contribution in [2.24, 2.45) is 0 Å². The second-order valence-corrected chi connectivity index (χ2v) is 3.19. The first kappa shape index (κ1) is 11.5. The number of hydrogen-bond donors (Lipinski definition) is 2. The molecule has 0 aliphatic heterocycles. The van der Waals surface area contributed by atoms with Crippen molar-refractivity contribution >= 4 is 5.91 Å². The Bertz CT molecular complexity index is 356. The maximum absolute atomic E-state index is 13.2. The Balaban J connectivity index is 2.75. The van der Waals surface area contributed by atoms with Crippen LogP contribution in [0.15, 0.2) is 12.1 Å². The summed E-state index contributed by atoms with van der Waals surface area (Å²) < 4.78 is 18.2. The van der Waals surface area contributed by atoms with Gasteiger partial charge in [-0.3, -0.25) is 10.0 Å². The number of hydrogen-bond acceptors (Lipinski definition) is 3. The summed E-state index contributed by atoms with van der Waals surface area (Å²) >= 11 is 0. The lowest BCUT2D eigenvalue weighted by Crippen LogP contribution is -2.25. The second kappa shape index (κ2) is 4.75. The monoisotopic (exact) mass is 213 g/mol. The molecule has 1 amide bonds. The lowest BCUT2D eigenvalue weighted by molar-refractivity contribution is -0.131. The molecule has 0 aliphatic carbocycles. The van der Waals surface area contributed by atoms with Crippen LogP contribution in [-0.2, 0) is 4.79 Å². The van der Waals surface area contributed by atoms with Crippen molar-refractivity contribution in [2.75, 3.05) is 6.61 Å². The highest BCUT2D eigenvalue weighted by atomic mass is 19.1. The first-order chi connectivity index (χ1) is 7.04. The summed E-state index contributed by atoms with van der Waals surface area (Å²) in [5, 5.41) is 8.23. The number of nitrogens with one attached hydrogen (secondary N) is 1. The molecule has 0 unspecified atom stereocenters. The number of aryl methyl sites for hydroxylation is 2. The van der Waals surface area contributed by atoms with Crippen LogP contribution in [0.1, 0.15) is 11.1 Å². The SMILES string of the molecule is Cc1cc(OCC(=O)NO)cc(C)c1F. The van der Waals surface area contributed by atoms with Gasteiger partial charge in [-0.25, -0.2) is 9.87 Å². The highest BCUT2D eigenvalue weighted by Gasteiger charge is 2.06. The average Bonchev–Trinajstić information content (AvgIpc) is 2.22. The minimum Gasteiger partial charge on any atom is -0.484 e. The lowest BCUT2D eigenvalue weighted by atomic mass is 10.1. The van der Waals surface area contributed by atoms with Gasteiger partial charge in [0.15, 0.2) is 6.61 Å². The maximum Gasteiger partial charge on any atom is 0.281 e. The Morgan fingerprint density at radius 3 is 2.47 bits per heavy atom. The third kappa shape index (κ3) is 2.92. The quantitative estimate of drug-likeness (QED) is 0.588. The Hall–Kier alpha value is -1.62. The first-order valence-corrected chi connectivity index (χ1v) is 4.37. The average molecular weight is 213 g/mol. The molecular weight excluding hydrogens is 201 g/mol. The van der Waals surface area contributed by atoms with E-state index in [0.717, 1.165) is 0 Å². The molecule has 0 saturated carbocycles. The zero-order chi connectivity index (χ0) is 11.4. The van der Waals surface area contributed by atoms with Crippen molar-refractivity contribution in [1.29, 1.82) is 0 Å². The fraction of sp³-hybridized carbons (Fsp3) is 0.300. The Morgan fingerprint density at radius 2 is 2.00 bits per heavy atom. The van der Waals surface area contributed by atoms with Gasteiger partial charge in [-0.15, -0.1) is 0 Å². The van der Waals surface area contributed by atoms with Crippen LogP contribution in [-0.4, -0.2) is 17.7 Å². The van der Waals surface area contributed by atoms with E-state index in [-0.39, 0.29) is 12.4 Å². The summed E-state index contributed by atoms with van der Waals surface area (Å²) in [5.74, 6) is -0.543. The van der Waals surface area contributed by atoms with Gasteiger partial charge in [0.1, 0.15) is 11.6 Å². The standard InChI is InChI=1S/C10H12FNO3/c1-6-3-8(4-7(2)10(6)11)15-5-9(13)12-14/h3-4,14H,5H2,1-2H3,(H,12,13). The molecule has 0 spiro atoms. The highest BCUT2D eigenvalue weighted by molar-refractivity contribution is 5.76. The summed E-state index contributed by atoms with van der Waals surface area (Å²) in [5.41, 5.74) is 2.34. The molecular formula is C10H12FNO3. The van der Waals surface area contributed by atoms with Crippen molar-refractivity contribution in [3.05, 3.63) is 29.1 Å². The number of halogens is 1. The molecule has 0 bridgehead atoms. The molecule has 15 heavy (non-hydrogen) atoms. The molecule has 0 aromatic heterocycles. The van der Waals surface area contributed by atoms with Crippen LogP contribution < -0.4 is 10.2 Å². The number of benzene rings is 1. The summed E-state index contributed by atoms with van der Waals surface area (Å²) in [6.45, 7) is 2.92. The van der Waals surface area contributed by atoms with Crippen molar-refractivity contribution in [1.82, 2.24) is 5.48 Å². The summed E-state index contributed by atoms with van der Waals surface area (Å²) in [7, 11) is 0. The van der Waals surface area contributed by atoms with Gasteiger partial charge in [-0.05, 0) is 37.1 Å². The van der Waals surface area contributed by atoms with E-state index in [2.05, 4.69) is 0 Å². The van der Waals surface area contributed by atoms with Crippen molar-refractivity contribution in [3.8, 4) is 5.75 Å². The number of hydroxylamine groups is 1. The molecule has 0 radical (unpaired) electrons. The van der Waals surface area contributed by atoms with Gasteiger partial charge in [-0.1, -0.05) is 0 Å². The minimum absolute atomic E-state index is 0.283. The fourth-order valence-corrected chi connectivity index (χ4v) is 1.17. The number of rotatable bonds is 3. The molecule has 2 N–H and O–H groups in total. The Labute approximate surface area is 86.6 Å². The van der Waals surface area contributed by atoms with Crippen LogP contribution in [0.25, 0.3) is 0 Å². The zero-order valence-corrected chi connectivity index (χ0v) is 8.50. The fourth-order valence-electron chi connectivity index (χ4n) is 1.17.